The number of aliphatic imine (C=N–C) groups is 1. The van der Waals surface area contributed by atoms with Gasteiger partial charge in [-0.2, -0.15) is 0 Å². The van der Waals surface area contributed by atoms with Crippen LogP contribution in [0.2, 0.25) is 0 Å². The van der Waals surface area contributed by atoms with Crippen LogP contribution in [-0.2, 0) is 4.74 Å². The molecule has 1 aliphatic heterocycles. The van der Waals surface area contributed by atoms with E-state index in [1.54, 1.807) is 0 Å². The quantitative estimate of drug-likeness (QED) is 0.403. The van der Waals surface area contributed by atoms with E-state index in [0.29, 0.717) is 23.5 Å². The molecule has 23 heavy (non-hydrogen) atoms. The molecule has 4 nitrogen and oxygen atoms in total. The standard InChI is InChI=1S/C18H33N3O.HI/c1-5-19-16(20-12-18(4)9-6-7-10-18)21-14-13-8-11-22-15(13)17(14,2)3;/h13-15H,5-12H2,1-4H3,(H2,19,20,21);1H. The van der Waals surface area contributed by atoms with Crippen molar-refractivity contribution in [1.29, 1.82) is 0 Å². The first-order valence-corrected chi connectivity index (χ1v) is 9.13. The molecule has 3 fully saturated rings. The average molecular weight is 435 g/mol. The Kier molecular flexibility index (Phi) is 6.26. The monoisotopic (exact) mass is 435 g/mol. The van der Waals surface area contributed by atoms with Crippen molar-refractivity contribution in [2.24, 2.45) is 21.7 Å². The van der Waals surface area contributed by atoms with Crippen LogP contribution in [0.1, 0.15) is 59.8 Å². The Morgan fingerprint density at radius 3 is 2.57 bits per heavy atom. The number of nitrogens with zero attached hydrogens (tertiary/aromatic N) is 1. The normalized spacial score (nSPS) is 34.3. The second kappa shape index (κ2) is 7.46. The summed E-state index contributed by atoms with van der Waals surface area (Å²) in [5.74, 6) is 1.65. The molecular formula is C18H34IN3O. The first-order valence-electron chi connectivity index (χ1n) is 9.13. The van der Waals surface area contributed by atoms with Crippen LogP contribution in [0.5, 0.6) is 0 Å². The lowest BCUT2D eigenvalue weighted by Gasteiger charge is -2.55. The van der Waals surface area contributed by atoms with Crippen LogP contribution >= 0.6 is 24.0 Å². The lowest BCUT2D eigenvalue weighted by Crippen LogP contribution is -2.68. The van der Waals surface area contributed by atoms with Crippen LogP contribution in [-0.4, -0.2) is 37.8 Å². The third kappa shape index (κ3) is 3.80. The van der Waals surface area contributed by atoms with Gasteiger partial charge in [0.1, 0.15) is 0 Å². The van der Waals surface area contributed by atoms with Crippen LogP contribution in [0.4, 0.5) is 0 Å². The zero-order valence-electron chi connectivity index (χ0n) is 15.2. The molecule has 3 unspecified atom stereocenters. The highest BCUT2D eigenvalue weighted by Gasteiger charge is 2.59. The molecule has 0 aromatic heterocycles. The Balaban J connectivity index is 0.00000192. The molecule has 3 atom stereocenters. The van der Waals surface area contributed by atoms with Gasteiger partial charge < -0.3 is 15.4 Å². The second-order valence-corrected chi connectivity index (χ2v) is 8.40. The van der Waals surface area contributed by atoms with E-state index < -0.39 is 0 Å². The molecule has 2 saturated carbocycles. The fourth-order valence-electron chi connectivity index (χ4n) is 4.74. The largest absolute Gasteiger partial charge is 0.377 e. The number of fused-ring (bicyclic) bond motifs is 1. The topological polar surface area (TPSA) is 45.7 Å². The van der Waals surface area contributed by atoms with Gasteiger partial charge in [-0.05, 0) is 31.6 Å². The summed E-state index contributed by atoms with van der Waals surface area (Å²) >= 11 is 0. The van der Waals surface area contributed by atoms with Gasteiger partial charge in [-0.15, -0.1) is 24.0 Å². The molecule has 0 amide bonds. The Morgan fingerprint density at radius 1 is 1.22 bits per heavy atom. The van der Waals surface area contributed by atoms with Crippen LogP contribution in [0.25, 0.3) is 0 Å². The molecule has 2 aliphatic carbocycles. The maximum atomic E-state index is 5.90. The third-order valence-electron chi connectivity index (χ3n) is 6.17. The van der Waals surface area contributed by atoms with Crippen molar-refractivity contribution < 1.29 is 4.74 Å². The number of ether oxygens (including phenoxy) is 1. The van der Waals surface area contributed by atoms with E-state index in [1.807, 2.05) is 0 Å². The molecule has 1 heterocycles. The Bertz CT molecular complexity index is 432. The summed E-state index contributed by atoms with van der Waals surface area (Å²) in [6.07, 6.45) is 7.00. The van der Waals surface area contributed by atoms with E-state index in [9.17, 15) is 0 Å². The minimum absolute atomic E-state index is 0. The number of guanidine groups is 1. The van der Waals surface area contributed by atoms with Crippen molar-refractivity contribution in [3.05, 3.63) is 0 Å². The number of nitrogens with one attached hydrogen (secondary N) is 2. The van der Waals surface area contributed by atoms with E-state index in [-0.39, 0.29) is 29.4 Å². The second-order valence-electron chi connectivity index (χ2n) is 8.40. The summed E-state index contributed by atoms with van der Waals surface area (Å²) in [6, 6.07) is 0.481. The van der Waals surface area contributed by atoms with Crippen molar-refractivity contribution in [2.45, 2.75) is 71.9 Å². The highest BCUT2D eigenvalue weighted by atomic mass is 127. The summed E-state index contributed by atoms with van der Waals surface area (Å²) in [4.78, 5) is 4.92. The van der Waals surface area contributed by atoms with E-state index in [2.05, 4.69) is 38.3 Å². The molecule has 0 aromatic rings. The minimum atomic E-state index is 0. The summed E-state index contributed by atoms with van der Waals surface area (Å²) in [5, 5.41) is 7.15. The van der Waals surface area contributed by atoms with E-state index in [4.69, 9.17) is 9.73 Å². The zero-order chi connectivity index (χ0) is 15.8. The molecule has 0 spiro atoms. The maximum Gasteiger partial charge on any atom is 0.191 e. The molecule has 0 aromatic carbocycles. The van der Waals surface area contributed by atoms with Crippen molar-refractivity contribution >= 4 is 29.9 Å². The van der Waals surface area contributed by atoms with E-state index in [0.717, 1.165) is 25.7 Å². The van der Waals surface area contributed by atoms with Gasteiger partial charge in [0.2, 0.25) is 0 Å². The van der Waals surface area contributed by atoms with Gasteiger partial charge in [0, 0.05) is 37.1 Å². The lowest BCUT2D eigenvalue weighted by molar-refractivity contribution is -0.106. The number of halogens is 1. The molecule has 134 valence electrons. The highest BCUT2D eigenvalue weighted by molar-refractivity contribution is 14.0. The van der Waals surface area contributed by atoms with E-state index >= 15 is 0 Å². The molecule has 3 rings (SSSR count). The number of rotatable bonds is 4. The average Bonchev–Trinajstić information content (AvgIpc) is 3.10. The van der Waals surface area contributed by atoms with Gasteiger partial charge in [-0.25, -0.2) is 0 Å². The molecule has 0 radical (unpaired) electrons. The Labute approximate surface area is 158 Å². The molecule has 5 heteroatoms. The van der Waals surface area contributed by atoms with Crippen LogP contribution in [0, 0.1) is 16.7 Å². The van der Waals surface area contributed by atoms with Crippen LogP contribution in [0.3, 0.4) is 0 Å². The van der Waals surface area contributed by atoms with E-state index in [1.165, 1.54) is 32.1 Å². The van der Waals surface area contributed by atoms with Gasteiger partial charge in [0.25, 0.3) is 0 Å². The molecule has 0 bridgehead atoms. The van der Waals surface area contributed by atoms with Crippen molar-refractivity contribution in [3.63, 3.8) is 0 Å². The first-order chi connectivity index (χ1) is 10.5. The fraction of sp³-hybridized carbons (Fsp3) is 0.944. The maximum absolute atomic E-state index is 5.90. The summed E-state index contributed by atoms with van der Waals surface area (Å²) in [7, 11) is 0. The summed E-state index contributed by atoms with van der Waals surface area (Å²) in [6.45, 7) is 11.9. The Morgan fingerprint density at radius 2 is 1.91 bits per heavy atom. The summed E-state index contributed by atoms with van der Waals surface area (Å²) in [5.41, 5.74) is 0.616. The predicted octanol–water partition coefficient (Wildman–Crippen LogP) is 3.55. The van der Waals surface area contributed by atoms with Crippen LogP contribution < -0.4 is 10.6 Å². The third-order valence-corrected chi connectivity index (χ3v) is 6.17. The number of hydrogen-bond acceptors (Lipinski definition) is 2. The first kappa shape index (κ1) is 19.3. The Hall–Kier alpha value is -0.0400. The number of hydrogen-bond donors (Lipinski definition) is 2. The van der Waals surface area contributed by atoms with Gasteiger partial charge >= 0.3 is 0 Å². The predicted molar refractivity (Wildman–Crippen MR) is 107 cm³/mol. The smallest absolute Gasteiger partial charge is 0.191 e. The van der Waals surface area contributed by atoms with Gasteiger partial charge in [-0.3, -0.25) is 4.99 Å². The lowest BCUT2D eigenvalue weighted by atomic mass is 9.57. The van der Waals surface area contributed by atoms with Crippen molar-refractivity contribution in [2.75, 3.05) is 19.7 Å². The fourth-order valence-corrected chi connectivity index (χ4v) is 4.74. The van der Waals surface area contributed by atoms with Gasteiger partial charge in [0.05, 0.1) is 6.10 Å². The zero-order valence-corrected chi connectivity index (χ0v) is 17.5. The molecule has 3 aliphatic rings. The van der Waals surface area contributed by atoms with Crippen molar-refractivity contribution in [3.8, 4) is 0 Å². The SMILES string of the molecule is CCNC(=NCC1(C)CCCC1)NC1C2CCOC2C1(C)C.I. The highest BCUT2D eigenvalue weighted by Crippen LogP contribution is 2.52. The van der Waals surface area contributed by atoms with Crippen molar-refractivity contribution in [1.82, 2.24) is 10.6 Å². The molecular weight excluding hydrogens is 401 g/mol. The van der Waals surface area contributed by atoms with Crippen LogP contribution in [0.15, 0.2) is 4.99 Å². The van der Waals surface area contributed by atoms with Gasteiger partial charge in [0.15, 0.2) is 5.96 Å². The molecule has 1 saturated heterocycles. The summed E-state index contributed by atoms with van der Waals surface area (Å²) < 4.78 is 5.90. The van der Waals surface area contributed by atoms with Gasteiger partial charge in [-0.1, -0.05) is 33.6 Å². The molecule has 2 N–H and O–H groups in total. The minimum Gasteiger partial charge on any atom is -0.377 e.